The molecule has 0 fully saturated rings. The van der Waals surface area contributed by atoms with E-state index in [4.69, 9.17) is 17.3 Å². The Bertz CT molecular complexity index is 683. The van der Waals surface area contributed by atoms with Gasteiger partial charge < -0.3 is 10.8 Å². The topological polar surface area (TPSA) is 148 Å². The second-order valence-corrected chi connectivity index (χ2v) is 3.90. The Balaban J connectivity index is 2.72. The number of rotatable bonds is 3. The lowest BCUT2D eigenvalue weighted by Crippen LogP contribution is -2.12. The molecule has 0 aliphatic heterocycles. The van der Waals surface area contributed by atoms with Crippen molar-refractivity contribution in [2.24, 2.45) is 5.73 Å². The standard InChI is InChI=1S/C9H6ClN5O4/c10-3-1-4(8(16)5(2-3)15(18)19)6-7(9(11)17)13-14-12-6/h1-2,16H,(H2,11,17)(H,12,13,14). The van der Waals surface area contributed by atoms with Gasteiger partial charge in [-0.25, -0.2) is 0 Å². The third-order valence-electron chi connectivity index (χ3n) is 2.29. The summed E-state index contributed by atoms with van der Waals surface area (Å²) in [5, 5.41) is 29.9. The number of H-pyrrole nitrogens is 1. The number of aromatic nitrogens is 3. The molecule has 0 unspecified atom stereocenters. The number of halogens is 1. The Hall–Kier alpha value is -2.68. The summed E-state index contributed by atoms with van der Waals surface area (Å²) in [7, 11) is 0. The van der Waals surface area contributed by atoms with E-state index in [1.54, 1.807) is 0 Å². The number of amides is 1. The third kappa shape index (κ3) is 2.18. The highest BCUT2D eigenvalue weighted by molar-refractivity contribution is 6.31. The number of carbonyl (C=O) groups is 1. The molecule has 0 bridgehead atoms. The predicted molar refractivity (Wildman–Crippen MR) is 63.7 cm³/mol. The number of nitrogens with two attached hydrogens (primary N) is 1. The highest BCUT2D eigenvalue weighted by Gasteiger charge is 2.24. The molecule has 0 aliphatic rings. The number of primary amides is 1. The van der Waals surface area contributed by atoms with Crippen molar-refractivity contribution in [3.8, 4) is 17.0 Å². The molecule has 0 saturated heterocycles. The van der Waals surface area contributed by atoms with Crippen molar-refractivity contribution in [2.75, 3.05) is 0 Å². The van der Waals surface area contributed by atoms with Gasteiger partial charge in [0.25, 0.3) is 5.91 Å². The molecule has 1 heterocycles. The Labute approximate surface area is 110 Å². The van der Waals surface area contributed by atoms with Gasteiger partial charge in [0, 0.05) is 11.1 Å². The number of aromatic amines is 1. The van der Waals surface area contributed by atoms with Gasteiger partial charge in [-0.15, -0.1) is 0 Å². The number of phenolic OH excluding ortho intramolecular Hbond substituents is 1. The first kappa shape index (κ1) is 12.8. The monoisotopic (exact) mass is 283 g/mol. The van der Waals surface area contributed by atoms with E-state index in [-0.39, 0.29) is 22.0 Å². The van der Waals surface area contributed by atoms with Crippen LogP contribution in [0.25, 0.3) is 11.3 Å². The van der Waals surface area contributed by atoms with Crippen molar-refractivity contribution in [3.05, 3.63) is 33.0 Å². The average molecular weight is 284 g/mol. The molecule has 98 valence electrons. The smallest absolute Gasteiger partial charge is 0.312 e. The van der Waals surface area contributed by atoms with Crippen LogP contribution in [-0.4, -0.2) is 31.3 Å². The zero-order valence-electron chi connectivity index (χ0n) is 9.12. The number of nitrogens with zero attached hydrogens (tertiary/aromatic N) is 3. The van der Waals surface area contributed by atoms with Crippen molar-refractivity contribution in [2.45, 2.75) is 0 Å². The predicted octanol–water partition coefficient (Wildman–Crippen LogP) is 0.838. The van der Waals surface area contributed by atoms with Crippen LogP contribution >= 0.6 is 11.6 Å². The van der Waals surface area contributed by atoms with E-state index in [0.717, 1.165) is 6.07 Å². The number of hydrogen-bond acceptors (Lipinski definition) is 6. The molecule has 4 N–H and O–H groups in total. The largest absolute Gasteiger partial charge is 0.502 e. The number of nitro groups is 1. The molecule has 19 heavy (non-hydrogen) atoms. The third-order valence-corrected chi connectivity index (χ3v) is 2.51. The molecule has 2 aromatic rings. The summed E-state index contributed by atoms with van der Waals surface area (Å²) < 4.78 is 0. The number of nitrogens with one attached hydrogen (secondary N) is 1. The van der Waals surface area contributed by atoms with Crippen molar-refractivity contribution in [1.29, 1.82) is 0 Å². The van der Waals surface area contributed by atoms with Gasteiger partial charge in [-0.1, -0.05) is 11.6 Å². The molecule has 10 heteroatoms. The van der Waals surface area contributed by atoms with Crippen LogP contribution in [0, 0.1) is 10.1 Å². The Morgan fingerprint density at radius 2 is 2.16 bits per heavy atom. The molecule has 1 aromatic heterocycles. The van der Waals surface area contributed by atoms with Crippen LogP contribution in [0.3, 0.4) is 0 Å². The number of nitro benzene ring substituents is 1. The minimum atomic E-state index is -0.897. The minimum Gasteiger partial charge on any atom is -0.502 e. The lowest BCUT2D eigenvalue weighted by molar-refractivity contribution is -0.385. The normalized spacial score (nSPS) is 10.4. The first-order valence-electron chi connectivity index (χ1n) is 4.79. The maximum absolute atomic E-state index is 11.1. The average Bonchev–Trinajstić information content (AvgIpc) is 2.80. The van der Waals surface area contributed by atoms with Gasteiger partial charge >= 0.3 is 5.69 Å². The maximum atomic E-state index is 11.1. The van der Waals surface area contributed by atoms with Crippen LogP contribution in [0.1, 0.15) is 10.5 Å². The number of aromatic hydroxyl groups is 1. The molecular formula is C9H6ClN5O4. The fraction of sp³-hybridized carbons (Fsp3) is 0. The molecule has 0 radical (unpaired) electrons. The number of carbonyl (C=O) groups excluding carboxylic acids is 1. The first-order valence-corrected chi connectivity index (χ1v) is 5.17. The molecule has 1 aromatic carbocycles. The summed E-state index contributed by atoms with van der Waals surface area (Å²) in [5.74, 6) is -1.57. The fourth-order valence-electron chi connectivity index (χ4n) is 1.50. The molecule has 9 nitrogen and oxygen atoms in total. The van der Waals surface area contributed by atoms with E-state index in [9.17, 15) is 20.0 Å². The van der Waals surface area contributed by atoms with Crippen molar-refractivity contribution < 1.29 is 14.8 Å². The molecule has 0 spiro atoms. The van der Waals surface area contributed by atoms with Gasteiger partial charge in [0.05, 0.1) is 10.5 Å². The van der Waals surface area contributed by atoms with E-state index in [0.29, 0.717) is 0 Å². The quantitative estimate of drug-likeness (QED) is 0.561. The highest BCUT2D eigenvalue weighted by Crippen LogP contribution is 2.39. The Morgan fingerprint density at radius 3 is 2.74 bits per heavy atom. The molecule has 0 aliphatic carbocycles. The summed E-state index contributed by atoms with van der Waals surface area (Å²) >= 11 is 5.72. The second-order valence-electron chi connectivity index (χ2n) is 3.46. The van der Waals surface area contributed by atoms with Gasteiger partial charge in [0.2, 0.25) is 5.75 Å². The SMILES string of the molecule is NC(=O)c1n[nH]nc1-c1cc(Cl)cc([N+](=O)[O-])c1O. The molecule has 2 rings (SSSR count). The van der Waals surface area contributed by atoms with Crippen LogP contribution in [-0.2, 0) is 0 Å². The van der Waals surface area contributed by atoms with E-state index < -0.39 is 22.3 Å². The lowest BCUT2D eigenvalue weighted by Gasteiger charge is -2.04. The Morgan fingerprint density at radius 1 is 1.47 bits per heavy atom. The number of phenols is 1. The molecule has 1 amide bonds. The second kappa shape index (κ2) is 4.53. The fourth-order valence-corrected chi connectivity index (χ4v) is 1.71. The summed E-state index contributed by atoms with van der Waals surface area (Å²) in [5.41, 5.74) is 3.98. The van der Waals surface area contributed by atoms with Crippen molar-refractivity contribution in [1.82, 2.24) is 15.4 Å². The molecule has 0 atom stereocenters. The summed E-state index contributed by atoms with van der Waals surface area (Å²) in [6.07, 6.45) is 0. The van der Waals surface area contributed by atoms with Crippen LogP contribution < -0.4 is 5.73 Å². The van der Waals surface area contributed by atoms with Gasteiger partial charge in [-0.2, -0.15) is 15.4 Å². The lowest BCUT2D eigenvalue weighted by atomic mass is 10.1. The maximum Gasteiger partial charge on any atom is 0.312 e. The van der Waals surface area contributed by atoms with Gasteiger partial charge in [0.15, 0.2) is 5.69 Å². The van der Waals surface area contributed by atoms with E-state index in [2.05, 4.69) is 15.4 Å². The van der Waals surface area contributed by atoms with E-state index in [1.165, 1.54) is 6.07 Å². The first-order chi connectivity index (χ1) is 8.91. The zero-order valence-corrected chi connectivity index (χ0v) is 9.88. The van der Waals surface area contributed by atoms with Crippen LogP contribution in [0.2, 0.25) is 5.02 Å². The van der Waals surface area contributed by atoms with Crippen LogP contribution in [0.4, 0.5) is 5.69 Å². The van der Waals surface area contributed by atoms with E-state index in [1.807, 2.05) is 0 Å². The van der Waals surface area contributed by atoms with Gasteiger partial charge in [-0.3, -0.25) is 14.9 Å². The summed E-state index contributed by atoms with van der Waals surface area (Å²) in [6, 6.07) is 2.19. The highest BCUT2D eigenvalue weighted by atomic mass is 35.5. The number of hydrogen-bond donors (Lipinski definition) is 3. The summed E-state index contributed by atoms with van der Waals surface area (Å²) in [4.78, 5) is 21.1. The van der Waals surface area contributed by atoms with Gasteiger partial charge in [0.1, 0.15) is 5.69 Å². The van der Waals surface area contributed by atoms with Crippen molar-refractivity contribution >= 4 is 23.2 Å². The van der Waals surface area contributed by atoms with Crippen LogP contribution in [0.5, 0.6) is 5.75 Å². The van der Waals surface area contributed by atoms with E-state index >= 15 is 0 Å². The van der Waals surface area contributed by atoms with Gasteiger partial charge in [-0.05, 0) is 6.07 Å². The minimum absolute atomic E-state index is 0.00193. The Kier molecular flexibility index (Phi) is 3.05. The summed E-state index contributed by atoms with van der Waals surface area (Å²) in [6.45, 7) is 0. The zero-order chi connectivity index (χ0) is 14.2. The van der Waals surface area contributed by atoms with Crippen molar-refractivity contribution in [3.63, 3.8) is 0 Å². The van der Waals surface area contributed by atoms with Crippen LogP contribution in [0.15, 0.2) is 12.1 Å². The number of benzene rings is 1. The molecular weight excluding hydrogens is 278 g/mol. The molecule has 0 saturated carbocycles.